The van der Waals surface area contributed by atoms with Crippen LogP contribution in [0.4, 0.5) is 16.0 Å². The van der Waals surface area contributed by atoms with Crippen molar-refractivity contribution in [2.45, 2.75) is 6.54 Å². The van der Waals surface area contributed by atoms with E-state index in [1.165, 1.54) is 18.5 Å². The lowest BCUT2D eigenvalue weighted by Gasteiger charge is -2.36. The van der Waals surface area contributed by atoms with Crippen LogP contribution in [0.15, 0.2) is 30.6 Å². The third-order valence-electron chi connectivity index (χ3n) is 4.07. The highest BCUT2D eigenvalue weighted by Gasteiger charge is 2.23. The molecule has 126 valence electrons. The molecule has 1 aliphatic heterocycles. The summed E-state index contributed by atoms with van der Waals surface area (Å²) in [6.07, 6.45) is 1.43. The second-order valence-corrected chi connectivity index (χ2v) is 6.45. The number of nitrogens with two attached hydrogens (primary N) is 1. The second kappa shape index (κ2) is 7.23. The minimum Gasteiger partial charge on any atom is -0.383 e. The van der Waals surface area contributed by atoms with E-state index in [0.29, 0.717) is 17.2 Å². The number of aromatic nitrogens is 2. The van der Waals surface area contributed by atoms with Crippen molar-refractivity contribution >= 4 is 32.2 Å². The number of nitrogens with zero attached hydrogens (tertiary/aromatic N) is 4. The molecule has 3 N–H and O–H groups in total. The van der Waals surface area contributed by atoms with Crippen molar-refractivity contribution < 1.29 is 4.39 Å². The van der Waals surface area contributed by atoms with Crippen molar-refractivity contribution in [2.75, 3.05) is 36.8 Å². The lowest BCUT2D eigenvalue weighted by atomic mass is 10.2. The zero-order valence-corrected chi connectivity index (χ0v) is 14.6. The Morgan fingerprint density at radius 3 is 2.46 bits per heavy atom. The smallest absolute Gasteiger partial charge is 0.144 e. The summed E-state index contributed by atoms with van der Waals surface area (Å²) in [6, 6.07) is 6.61. The van der Waals surface area contributed by atoms with E-state index < -0.39 is 0 Å². The molecule has 1 fully saturated rings. The van der Waals surface area contributed by atoms with E-state index in [1.807, 2.05) is 12.1 Å². The van der Waals surface area contributed by atoms with Crippen molar-refractivity contribution in [1.82, 2.24) is 14.9 Å². The third-order valence-corrected chi connectivity index (χ3v) is 4.46. The second-order valence-electron chi connectivity index (χ2n) is 5.66. The number of hydrogen-bond donors (Lipinski definition) is 2. The average Bonchev–Trinajstić information content (AvgIpc) is 2.57. The topological polar surface area (TPSA) is 82.1 Å². The van der Waals surface area contributed by atoms with Crippen molar-refractivity contribution in [3.63, 3.8) is 0 Å². The van der Waals surface area contributed by atoms with Crippen LogP contribution < -0.4 is 10.6 Å². The van der Waals surface area contributed by atoms with E-state index in [-0.39, 0.29) is 10.4 Å². The Balaban J connectivity index is 1.66. The lowest BCUT2D eigenvalue weighted by molar-refractivity contribution is 0.249. The van der Waals surface area contributed by atoms with E-state index in [2.05, 4.69) is 35.7 Å². The normalized spacial score (nSPS) is 15.5. The zero-order valence-electron chi connectivity index (χ0n) is 13.0. The minimum absolute atomic E-state index is 0.185. The van der Waals surface area contributed by atoms with Crippen LogP contribution in [0.25, 0.3) is 0 Å². The predicted molar refractivity (Wildman–Crippen MR) is 96.1 cm³/mol. The van der Waals surface area contributed by atoms with Crippen LogP contribution in [0.2, 0.25) is 0 Å². The Labute approximate surface area is 148 Å². The van der Waals surface area contributed by atoms with E-state index in [1.54, 1.807) is 0 Å². The molecule has 2 aromatic rings. The molecular formula is C16H18BrFN6. The Bertz CT molecular complexity index is 728. The SMILES string of the molecule is N=C(Br)c1c(N)ncnc1N1CCN(Cc2ccc(F)cc2)CC1. The fraction of sp³-hybridized carbons (Fsp3) is 0.312. The van der Waals surface area contributed by atoms with Crippen LogP contribution in [0.1, 0.15) is 11.1 Å². The van der Waals surface area contributed by atoms with Gasteiger partial charge in [0, 0.05) is 32.7 Å². The number of nitrogens with one attached hydrogen (secondary N) is 1. The molecule has 8 heteroatoms. The van der Waals surface area contributed by atoms with E-state index >= 15 is 0 Å². The minimum atomic E-state index is -0.213. The van der Waals surface area contributed by atoms with Crippen LogP contribution >= 0.6 is 15.9 Å². The highest BCUT2D eigenvalue weighted by Crippen LogP contribution is 2.25. The van der Waals surface area contributed by atoms with Gasteiger partial charge in [0.1, 0.15) is 28.4 Å². The van der Waals surface area contributed by atoms with Crippen LogP contribution in [0.5, 0.6) is 0 Å². The van der Waals surface area contributed by atoms with Gasteiger partial charge in [0.15, 0.2) is 0 Å². The van der Waals surface area contributed by atoms with Gasteiger partial charge in [-0.15, -0.1) is 0 Å². The standard InChI is InChI=1S/C16H18BrFN6/c17-14(19)13-15(20)21-10-22-16(13)24-7-5-23(6-8-24)9-11-1-3-12(18)4-2-11/h1-4,10,19H,5-9H2,(H2,20,21,22). The van der Waals surface area contributed by atoms with Crippen LogP contribution in [-0.4, -0.2) is 45.7 Å². The van der Waals surface area contributed by atoms with Gasteiger partial charge < -0.3 is 10.6 Å². The average molecular weight is 393 g/mol. The molecule has 24 heavy (non-hydrogen) atoms. The molecule has 0 radical (unpaired) electrons. The molecule has 0 spiro atoms. The molecule has 0 amide bonds. The van der Waals surface area contributed by atoms with Crippen molar-refractivity contribution in [3.05, 3.63) is 47.5 Å². The molecule has 1 saturated heterocycles. The summed E-state index contributed by atoms with van der Waals surface area (Å²) in [5, 5.41) is 7.83. The Kier molecular flexibility index (Phi) is 5.06. The van der Waals surface area contributed by atoms with Crippen molar-refractivity contribution in [3.8, 4) is 0 Å². The van der Waals surface area contributed by atoms with Gasteiger partial charge in [-0.25, -0.2) is 14.4 Å². The highest BCUT2D eigenvalue weighted by molar-refractivity contribution is 9.18. The molecule has 0 atom stereocenters. The number of anilines is 2. The summed E-state index contributed by atoms with van der Waals surface area (Å²) in [6.45, 7) is 4.07. The molecule has 0 unspecified atom stereocenters. The lowest BCUT2D eigenvalue weighted by Crippen LogP contribution is -2.46. The molecular weight excluding hydrogens is 375 g/mol. The van der Waals surface area contributed by atoms with Gasteiger partial charge in [0.2, 0.25) is 0 Å². The first-order valence-electron chi connectivity index (χ1n) is 7.61. The molecule has 3 rings (SSSR count). The molecule has 1 aromatic carbocycles. The Morgan fingerprint density at radius 2 is 1.83 bits per heavy atom. The van der Waals surface area contributed by atoms with E-state index in [0.717, 1.165) is 38.3 Å². The number of benzene rings is 1. The molecule has 2 heterocycles. The number of piperazine rings is 1. The fourth-order valence-electron chi connectivity index (χ4n) is 2.81. The van der Waals surface area contributed by atoms with Crippen molar-refractivity contribution in [1.29, 1.82) is 5.41 Å². The van der Waals surface area contributed by atoms with Crippen molar-refractivity contribution in [2.24, 2.45) is 0 Å². The van der Waals surface area contributed by atoms with Crippen LogP contribution in [0, 0.1) is 11.2 Å². The highest BCUT2D eigenvalue weighted by atomic mass is 79.9. The van der Waals surface area contributed by atoms with Gasteiger partial charge in [-0.1, -0.05) is 12.1 Å². The molecule has 0 bridgehead atoms. The largest absolute Gasteiger partial charge is 0.383 e. The number of rotatable bonds is 4. The summed E-state index contributed by atoms with van der Waals surface area (Å²) < 4.78 is 13.2. The van der Waals surface area contributed by atoms with Gasteiger partial charge in [0.25, 0.3) is 0 Å². The van der Waals surface area contributed by atoms with Crippen LogP contribution in [-0.2, 0) is 6.54 Å². The number of hydrogen-bond acceptors (Lipinski definition) is 6. The van der Waals surface area contributed by atoms with Gasteiger partial charge in [-0.2, -0.15) is 0 Å². The molecule has 6 nitrogen and oxygen atoms in total. The summed E-state index contributed by atoms with van der Waals surface area (Å²) in [7, 11) is 0. The first kappa shape index (κ1) is 16.8. The maximum Gasteiger partial charge on any atom is 0.144 e. The van der Waals surface area contributed by atoms with Gasteiger partial charge in [-0.3, -0.25) is 10.3 Å². The maximum atomic E-state index is 13.0. The monoisotopic (exact) mass is 392 g/mol. The molecule has 1 aromatic heterocycles. The number of nitrogen functional groups attached to an aromatic ring is 1. The predicted octanol–water partition coefficient (Wildman–Crippen LogP) is 2.24. The zero-order chi connectivity index (χ0) is 17.1. The molecule has 0 aliphatic carbocycles. The summed E-state index contributed by atoms with van der Waals surface area (Å²) in [5.74, 6) is 0.774. The van der Waals surface area contributed by atoms with Crippen LogP contribution in [0.3, 0.4) is 0 Å². The fourth-order valence-corrected chi connectivity index (χ4v) is 3.19. The van der Waals surface area contributed by atoms with Gasteiger partial charge >= 0.3 is 0 Å². The quantitative estimate of drug-likeness (QED) is 0.779. The Hall–Kier alpha value is -2.06. The summed E-state index contributed by atoms with van der Waals surface area (Å²) in [4.78, 5) is 12.7. The van der Waals surface area contributed by atoms with Gasteiger partial charge in [0.05, 0.1) is 5.56 Å². The summed E-state index contributed by atoms with van der Waals surface area (Å²) in [5.41, 5.74) is 7.51. The number of halogens is 2. The first-order chi connectivity index (χ1) is 11.5. The molecule has 1 aliphatic rings. The van der Waals surface area contributed by atoms with E-state index in [9.17, 15) is 4.39 Å². The van der Waals surface area contributed by atoms with E-state index in [4.69, 9.17) is 11.1 Å². The first-order valence-corrected chi connectivity index (χ1v) is 8.40. The maximum absolute atomic E-state index is 13.0. The summed E-state index contributed by atoms with van der Waals surface area (Å²) >= 11 is 3.17. The third kappa shape index (κ3) is 3.70. The van der Waals surface area contributed by atoms with Gasteiger partial charge in [-0.05, 0) is 33.6 Å². The Morgan fingerprint density at radius 1 is 1.17 bits per heavy atom. The molecule has 0 saturated carbocycles.